The van der Waals surface area contributed by atoms with E-state index < -0.39 is 0 Å². The second-order valence-corrected chi connectivity index (χ2v) is 3.20. The maximum Gasteiger partial charge on any atom is 0.0803 e. The molecule has 1 aliphatic carbocycles. The van der Waals surface area contributed by atoms with Crippen LogP contribution in [-0.2, 0) is 0 Å². The molecule has 0 aromatic rings. The second-order valence-electron chi connectivity index (χ2n) is 3.20. The average Bonchev–Trinajstić information content (AvgIpc) is 2.24. The SMILES string of the molecule is CC.CN1CC2(O)CC1C2. The Kier molecular flexibility index (Phi) is 2.02. The molecule has 2 saturated heterocycles. The summed E-state index contributed by atoms with van der Waals surface area (Å²) in [5, 5.41) is 9.39. The monoisotopic (exact) mass is 143 g/mol. The maximum atomic E-state index is 9.39. The van der Waals surface area contributed by atoms with Crippen LogP contribution in [0.5, 0.6) is 0 Å². The summed E-state index contributed by atoms with van der Waals surface area (Å²) in [4.78, 5) is 2.24. The topological polar surface area (TPSA) is 23.5 Å². The first kappa shape index (κ1) is 8.02. The van der Waals surface area contributed by atoms with Crippen LogP contribution in [0.4, 0.5) is 0 Å². The maximum absolute atomic E-state index is 9.39. The number of likely N-dealkylation sites (N-methyl/N-ethyl adjacent to an activating group) is 1. The third-order valence-corrected chi connectivity index (χ3v) is 2.40. The molecule has 1 saturated carbocycles. The summed E-state index contributed by atoms with van der Waals surface area (Å²) < 4.78 is 0. The Balaban J connectivity index is 0.000000231. The van der Waals surface area contributed by atoms with E-state index in [1.807, 2.05) is 13.8 Å². The molecule has 3 fully saturated rings. The molecule has 2 heteroatoms. The highest BCUT2D eigenvalue weighted by Gasteiger charge is 2.52. The van der Waals surface area contributed by atoms with Crippen LogP contribution in [0.3, 0.4) is 0 Å². The van der Waals surface area contributed by atoms with Crippen molar-refractivity contribution in [2.75, 3.05) is 13.6 Å². The molecule has 0 amide bonds. The zero-order valence-corrected chi connectivity index (χ0v) is 7.09. The van der Waals surface area contributed by atoms with E-state index in [1.165, 1.54) is 0 Å². The van der Waals surface area contributed by atoms with Crippen molar-refractivity contribution in [3.8, 4) is 0 Å². The highest BCUT2D eigenvalue weighted by molar-refractivity contribution is 5.07. The number of hydrogen-bond donors (Lipinski definition) is 1. The molecule has 0 atom stereocenters. The fourth-order valence-corrected chi connectivity index (χ4v) is 1.85. The molecule has 0 aromatic heterocycles. The Morgan fingerprint density at radius 2 is 1.90 bits per heavy atom. The molecular weight excluding hydrogens is 126 g/mol. The predicted octanol–water partition coefficient (Wildman–Crippen LogP) is 0.852. The zero-order valence-electron chi connectivity index (χ0n) is 7.09. The van der Waals surface area contributed by atoms with Gasteiger partial charge in [0.05, 0.1) is 5.60 Å². The summed E-state index contributed by atoms with van der Waals surface area (Å²) in [5.41, 5.74) is -0.264. The number of aliphatic hydroxyl groups is 1. The Labute approximate surface area is 62.8 Å². The number of nitrogens with zero attached hydrogens (tertiary/aromatic N) is 1. The van der Waals surface area contributed by atoms with E-state index >= 15 is 0 Å². The van der Waals surface area contributed by atoms with Crippen LogP contribution < -0.4 is 0 Å². The van der Waals surface area contributed by atoms with Crippen LogP contribution >= 0.6 is 0 Å². The first-order chi connectivity index (χ1) is 4.70. The Hall–Kier alpha value is -0.0800. The fraction of sp³-hybridized carbons (Fsp3) is 1.00. The van der Waals surface area contributed by atoms with Crippen molar-refractivity contribution in [2.45, 2.75) is 38.3 Å². The molecule has 0 radical (unpaired) electrons. The van der Waals surface area contributed by atoms with Crippen molar-refractivity contribution in [3.05, 3.63) is 0 Å². The standard InChI is InChI=1S/C6H11NO.C2H6/c1-7-4-6(8)2-5(7)3-6;1-2/h5,8H,2-4H2,1H3;1-2H3. The van der Waals surface area contributed by atoms with Gasteiger partial charge in [-0.15, -0.1) is 0 Å². The van der Waals surface area contributed by atoms with Gasteiger partial charge in [-0.2, -0.15) is 0 Å². The van der Waals surface area contributed by atoms with Gasteiger partial charge in [-0.05, 0) is 19.9 Å². The molecule has 2 aliphatic heterocycles. The zero-order chi connectivity index (χ0) is 7.78. The molecule has 10 heavy (non-hydrogen) atoms. The minimum absolute atomic E-state index is 0.264. The van der Waals surface area contributed by atoms with Crippen molar-refractivity contribution in [2.24, 2.45) is 0 Å². The fourth-order valence-electron chi connectivity index (χ4n) is 1.85. The smallest absolute Gasteiger partial charge is 0.0803 e. The summed E-state index contributed by atoms with van der Waals surface area (Å²) in [6.45, 7) is 4.90. The first-order valence-corrected chi connectivity index (χ1v) is 4.12. The molecule has 0 spiro atoms. The summed E-state index contributed by atoms with van der Waals surface area (Å²) in [6.07, 6.45) is 2.03. The van der Waals surface area contributed by atoms with E-state index in [2.05, 4.69) is 11.9 Å². The normalized spacial score (nSPS) is 43.8. The van der Waals surface area contributed by atoms with Crippen molar-refractivity contribution >= 4 is 0 Å². The predicted molar refractivity (Wildman–Crippen MR) is 41.9 cm³/mol. The Morgan fingerprint density at radius 1 is 1.40 bits per heavy atom. The number of rotatable bonds is 0. The van der Waals surface area contributed by atoms with Gasteiger partial charge in [-0.25, -0.2) is 0 Å². The van der Waals surface area contributed by atoms with Gasteiger partial charge in [0.2, 0.25) is 0 Å². The highest BCUT2D eigenvalue weighted by atomic mass is 16.3. The van der Waals surface area contributed by atoms with Gasteiger partial charge in [0.15, 0.2) is 0 Å². The van der Waals surface area contributed by atoms with Crippen LogP contribution in [0.25, 0.3) is 0 Å². The minimum Gasteiger partial charge on any atom is -0.388 e. The molecular formula is C8H17NO. The van der Waals surface area contributed by atoms with Gasteiger partial charge >= 0.3 is 0 Å². The van der Waals surface area contributed by atoms with Crippen LogP contribution in [0, 0.1) is 0 Å². The quantitative estimate of drug-likeness (QED) is 0.543. The third kappa shape index (κ3) is 1.06. The lowest BCUT2D eigenvalue weighted by Crippen LogP contribution is -2.39. The van der Waals surface area contributed by atoms with Crippen LogP contribution in [0.1, 0.15) is 26.7 Å². The van der Waals surface area contributed by atoms with Crippen molar-refractivity contribution in [3.63, 3.8) is 0 Å². The first-order valence-electron chi connectivity index (χ1n) is 4.12. The molecule has 3 aliphatic rings. The van der Waals surface area contributed by atoms with Gasteiger partial charge < -0.3 is 10.0 Å². The summed E-state index contributed by atoms with van der Waals surface area (Å²) >= 11 is 0. The molecule has 0 unspecified atom stereocenters. The second kappa shape index (κ2) is 2.51. The Morgan fingerprint density at radius 3 is 2.00 bits per heavy atom. The van der Waals surface area contributed by atoms with E-state index in [9.17, 15) is 5.11 Å². The lowest BCUT2D eigenvalue weighted by Gasteiger charge is -2.31. The summed E-state index contributed by atoms with van der Waals surface area (Å²) in [7, 11) is 2.08. The molecule has 2 nitrogen and oxygen atoms in total. The average molecular weight is 143 g/mol. The van der Waals surface area contributed by atoms with E-state index in [0.29, 0.717) is 6.04 Å². The van der Waals surface area contributed by atoms with Gasteiger partial charge in [0, 0.05) is 12.6 Å². The van der Waals surface area contributed by atoms with Crippen LogP contribution in [-0.4, -0.2) is 35.2 Å². The van der Waals surface area contributed by atoms with Gasteiger partial charge in [-0.3, -0.25) is 0 Å². The molecule has 3 rings (SSSR count). The Bertz CT molecular complexity index is 118. The molecule has 1 N–H and O–H groups in total. The highest BCUT2D eigenvalue weighted by Crippen LogP contribution is 2.42. The van der Waals surface area contributed by atoms with Crippen LogP contribution in [0.15, 0.2) is 0 Å². The van der Waals surface area contributed by atoms with E-state index in [4.69, 9.17) is 0 Å². The van der Waals surface area contributed by atoms with Gasteiger partial charge in [-0.1, -0.05) is 13.8 Å². The molecule has 2 heterocycles. The molecule has 0 aromatic carbocycles. The lowest BCUT2D eigenvalue weighted by atomic mass is 9.82. The molecule has 60 valence electrons. The summed E-state index contributed by atoms with van der Waals surface area (Å²) in [6, 6.07) is 0.708. The van der Waals surface area contributed by atoms with Gasteiger partial charge in [0.1, 0.15) is 0 Å². The van der Waals surface area contributed by atoms with E-state index in [1.54, 1.807) is 0 Å². The lowest BCUT2D eigenvalue weighted by molar-refractivity contribution is 0.00711. The van der Waals surface area contributed by atoms with Crippen molar-refractivity contribution in [1.29, 1.82) is 0 Å². The minimum atomic E-state index is -0.264. The van der Waals surface area contributed by atoms with Gasteiger partial charge in [0.25, 0.3) is 0 Å². The van der Waals surface area contributed by atoms with Crippen molar-refractivity contribution in [1.82, 2.24) is 4.90 Å². The van der Waals surface area contributed by atoms with Crippen LogP contribution in [0.2, 0.25) is 0 Å². The third-order valence-electron chi connectivity index (χ3n) is 2.40. The molecule has 2 bridgehead atoms. The van der Waals surface area contributed by atoms with Crippen molar-refractivity contribution < 1.29 is 5.11 Å². The van der Waals surface area contributed by atoms with E-state index in [0.717, 1.165) is 19.4 Å². The summed E-state index contributed by atoms with van der Waals surface area (Å²) in [5.74, 6) is 0. The largest absolute Gasteiger partial charge is 0.388 e. The van der Waals surface area contributed by atoms with E-state index in [-0.39, 0.29) is 5.60 Å². The number of hydrogen-bond acceptors (Lipinski definition) is 2. The number of fused-ring (bicyclic) bond motifs is 1.